The molecule has 0 N–H and O–H groups in total. The molecule has 0 heterocycles. The SMILES string of the molecule is O=C1C[C@@H]2C[C@@H]2C1C(=O)C1CC1. The molecule has 2 nitrogen and oxygen atoms in total. The Morgan fingerprint density at radius 3 is 2.58 bits per heavy atom. The fourth-order valence-electron chi connectivity index (χ4n) is 2.53. The maximum atomic E-state index is 11.6. The molecule has 12 heavy (non-hydrogen) atoms. The molecule has 3 atom stereocenters. The van der Waals surface area contributed by atoms with E-state index in [1.54, 1.807) is 0 Å². The monoisotopic (exact) mass is 164 g/mol. The van der Waals surface area contributed by atoms with Gasteiger partial charge < -0.3 is 0 Å². The van der Waals surface area contributed by atoms with E-state index in [2.05, 4.69) is 0 Å². The summed E-state index contributed by atoms with van der Waals surface area (Å²) in [6, 6.07) is 0. The van der Waals surface area contributed by atoms with Crippen molar-refractivity contribution in [3.8, 4) is 0 Å². The van der Waals surface area contributed by atoms with Crippen molar-refractivity contribution in [2.45, 2.75) is 25.7 Å². The quantitative estimate of drug-likeness (QED) is 0.574. The zero-order valence-corrected chi connectivity index (χ0v) is 6.95. The molecule has 0 aromatic carbocycles. The fraction of sp³-hybridized carbons (Fsp3) is 0.800. The summed E-state index contributed by atoms with van der Waals surface area (Å²) in [5.74, 6) is 1.73. The van der Waals surface area contributed by atoms with E-state index >= 15 is 0 Å². The van der Waals surface area contributed by atoms with Crippen LogP contribution in [-0.4, -0.2) is 11.6 Å². The van der Waals surface area contributed by atoms with Gasteiger partial charge in [0.2, 0.25) is 0 Å². The topological polar surface area (TPSA) is 34.1 Å². The number of rotatable bonds is 2. The molecule has 0 spiro atoms. The summed E-state index contributed by atoms with van der Waals surface area (Å²) >= 11 is 0. The molecular formula is C10H12O2. The van der Waals surface area contributed by atoms with Crippen LogP contribution in [0.4, 0.5) is 0 Å². The van der Waals surface area contributed by atoms with Crippen molar-refractivity contribution in [1.82, 2.24) is 0 Å². The van der Waals surface area contributed by atoms with Gasteiger partial charge in [0.1, 0.15) is 11.6 Å². The van der Waals surface area contributed by atoms with Crippen molar-refractivity contribution in [2.24, 2.45) is 23.7 Å². The van der Waals surface area contributed by atoms with Crippen LogP contribution in [0.5, 0.6) is 0 Å². The summed E-state index contributed by atoms with van der Waals surface area (Å²) in [5, 5.41) is 0. The van der Waals surface area contributed by atoms with Crippen LogP contribution in [0.2, 0.25) is 0 Å². The van der Waals surface area contributed by atoms with Gasteiger partial charge in [-0.2, -0.15) is 0 Å². The molecule has 0 aromatic heterocycles. The number of Topliss-reactive ketones (excluding diaryl/α,β-unsaturated/α-hetero) is 2. The number of ketones is 2. The Morgan fingerprint density at radius 1 is 1.33 bits per heavy atom. The average Bonchev–Trinajstić information content (AvgIpc) is 2.86. The Kier molecular flexibility index (Phi) is 1.12. The van der Waals surface area contributed by atoms with Gasteiger partial charge in [0, 0.05) is 12.3 Å². The molecule has 0 aromatic rings. The van der Waals surface area contributed by atoms with Crippen LogP contribution < -0.4 is 0 Å². The second-order valence-corrected chi connectivity index (χ2v) is 4.48. The van der Waals surface area contributed by atoms with Gasteiger partial charge in [-0.3, -0.25) is 9.59 Å². The molecule has 0 radical (unpaired) electrons. The smallest absolute Gasteiger partial charge is 0.146 e. The highest BCUT2D eigenvalue weighted by molar-refractivity contribution is 6.06. The van der Waals surface area contributed by atoms with E-state index in [0.717, 1.165) is 19.3 Å². The molecule has 64 valence electrons. The standard InChI is InChI=1S/C10H12O2/c11-8-4-6-3-7(6)9(8)10(12)5-1-2-5/h5-7,9H,1-4H2/t6-,7-,9?/m0/s1. The minimum Gasteiger partial charge on any atom is -0.299 e. The number of carbonyl (C=O) groups excluding carboxylic acids is 2. The molecule has 3 fully saturated rings. The minimum atomic E-state index is -0.150. The minimum absolute atomic E-state index is 0.150. The molecule has 3 rings (SSSR count). The summed E-state index contributed by atoms with van der Waals surface area (Å²) in [6.45, 7) is 0. The molecule has 0 bridgehead atoms. The van der Waals surface area contributed by atoms with Gasteiger partial charge >= 0.3 is 0 Å². The van der Waals surface area contributed by atoms with Gasteiger partial charge in [-0.05, 0) is 31.1 Å². The van der Waals surface area contributed by atoms with E-state index in [0.29, 0.717) is 18.3 Å². The van der Waals surface area contributed by atoms with Crippen LogP contribution in [0.1, 0.15) is 25.7 Å². The van der Waals surface area contributed by atoms with Crippen LogP contribution in [-0.2, 0) is 9.59 Å². The first-order valence-corrected chi connectivity index (χ1v) is 4.84. The first-order chi connectivity index (χ1) is 5.77. The third kappa shape index (κ3) is 0.809. The molecule has 3 aliphatic carbocycles. The Morgan fingerprint density at radius 2 is 2.08 bits per heavy atom. The molecule has 0 amide bonds. The van der Waals surface area contributed by atoms with Crippen molar-refractivity contribution in [2.75, 3.05) is 0 Å². The van der Waals surface area contributed by atoms with E-state index in [1.807, 2.05) is 0 Å². The van der Waals surface area contributed by atoms with Crippen LogP contribution >= 0.6 is 0 Å². The molecule has 1 unspecified atom stereocenters. The van der Waals surface area contributed by atoms with E-state index in [1.165, 1.54) is 0 Å². The van der Waals surface area contributed by atoms with Crippen molar-refractivity contribution >= 4 is 11.6 Å². The largest absolute Gasteiger partial charge is 0.299 e. The van der Waals surface area contributed by atoms with Crippen molar-refractivity contribution in [3.05, 3.63) is 0 Å². The van der Waals surface area contributed by atoms with Crippen molar-refractivity contribution < 1.29 is 9.59 Å². The number of hydrogen-bond donors (Lipinski definition) is 0. The molecular weight excluding hydrogens is 152 g/mol. The van der Waals surface area contributed by atoms with E-state index in [9.17, 15) is 9.59 Å². The summed E-state index contributed by atoms with van der Waals surface area (Å²) in [5.41, 5.74) is 0. The zero-order chi connectivity index (χ0) is 8.29. The number of carbonyl (C=O) groups is 2. The van der Waals surface area contributed by atoms with E-state index in [4.69, 9.17) is 0 Å². The maximum absolute atomic E-state index is 11.6. The highest BCUT2D eigenvalue weighted by Crippen LogP contribution is 2.55. The van der Waals surface area contributed by atoms with Crippen LogP contribution in [0.3, 0.4) is 0 Å². The van der Waals surface area contributed by atoms with Gasteiger partial charge in [-0.1, -0.05) is 0 Å². The molecule has 2 heteroatoms. The summed E-state index contributed by atoms with van der Waals surface area (Å²) in [4.78, 5) is 23.0. The lowest BCUT2D eigenvalue weighted by molar-refractivity contribution is -0.132. The lowest BCUT2D eigenvalue weighted by Gasteiger charge is -2.07. The summed E-state index contributed by atoms with van der Waals surface area (Å²) < 4.78 is 0. The van der Waals surface area contributed by atoms with Crippen molar-refractivity contribution in [1.29, 1.82) is 0 Å². The van der Waals surface area contributed by atoms with Gasteiger partial charge in [-0.25, -0.2) is 0 Å². The third-order valence-corrected chi connectivity index (χ3v) is 3.50. The van der Waals surface area contributed by atoms with Crippen LogP contribution in [0, 0.1) is 23.7 Å². The van der Waals surface area contributed by atoms with Gasteiger partial charge in [0.25, 0.3) is 0 Å². The highest BCUT2D eigenvalue weighted by Gasteiger charge is 2.57. The summed E-state index contributed by atoms with van der Waals surface area (Å²) in [7, 11) is 0. The zero-order valence-electron chi connectivity index (χ0n) is 6.95. The molecule has 3 saturated carbocycles. The van der Waals surface area contributed by atoms with E-state index in [-0.39, 0.29) is 23.4 Å². The average molecular weight is 164 g/mol. The second-order valence-electron chi connectivity index (χ2n) is 4.48. The first kappa shape index (κ1) is 6.81. The highest BCUT2D eigenvalue weighted by atomic mass is 16.2. The van der Waals surface area contributed by atoms with Crippen LogP contribution in [0.25, 0.3) is 0 Å². The van der Waals surface area contributed by atoms with Gasteiger partial charge in [-0.15, -0.1) is 0 Å². The molecule has 0 aliphatic heterocycles. The summed E-state index contributed by atoms with van der Waals surface area (Å²) in [6.07, 6.45) is 3.93. The van der Waals surface area contributed by atoms with E-state index < -0.39 is 0 Å². The van der Waals surface area contributed by atoms with Crippen LogP contribution in [0.15, 0.2) is 0 Å². The lowest BCUT2D eigenvalue weighted by atomic mass is 9.94. The van der Waals surface area contributed by atoms with Gasteiger partial charge in [0.15, 0.2) is 0 Å². The number of hydrogen-bond acceptors (Lipinski definition) is 2. The Balaban J connectivity index is 1.81. The Hall–Kier alpha value is -0.660. The first-order valence-electron chi connectivity index (χ1n) is 4.84. The predicted octanol–water partition coefficient (Wildman–Crippen LogP) is 1.19. The lowest BCUT2D eigenvalue weighted by Crippen LogP contribution is -2.23. The Bertz CT molecular complexity index is 265. The van der Waals surface area contributed by atoms with Crippen molar-refractivity contribution in [3.63, 3.8) is 0 Å². The number of fused-ring (bicyclic) bond motifs is 1. The Labute approximate surface area is 71.3 Å². The fourth-order valence-corrected chi connectivity index (χ4v) is 2.53. The third-order valence-electron chi connectivity index (χ3n) is 3.50. The molecule has 3 aliphatic rings. The normalized spacial score (nSPS) is 44.3. The maximum Gasteiger partial charge on any atom is 0.146 e. The van der Waals surface area contributed by atoms with Gasteiger partial charge in [0.05, 0.1) is 5.92 Å². The second kappa shape index (κ2) is 1.98. The predicted molar refractivity (Wildman–Crippen MR) is 42.4 cm³/mol. The molecule has 0 saturated heterocycles.